The molecule has 0 bridgehead atoms. The molecule has 3 rings (SSSR count). The highest BCUT2D eigenvalue weighted by atomic mass is 16.5. The number of carbonyl (C=O) groups is 1. The summed E-state index contributed by atoms with van der Waals surface area (Å²) in [5.41, 5.74) is 1.18. The average molecular weight is 446 g/mol. The third-order valence-corrected chi connectivity index (χ3v) is 6.25. The van der Waals surface area contributed by atoms with Crippen molar-refractivity contribution in [2.75, 3.05) is 66.1 Å². The number of guanidine groups is 1. The Hall–Kier alpha value is -2.32. The second kappa shape index (κ2) is 12.6. The summed E-state index contributed by atoms with van der Waals surface area (Å²) in [4.78, 5) is 23.5. The number of likely N-dealkylation sites (N-methyl/N-ethyl adjacent to an activating group) is 1. The van der Waals surface area contributed by atoms with E-state index in [9.17, 15) is 4.79 Å². The normalized spacial score (nSPS) is 19.5. The first-order valence-corrected chi connectivity index (χ1v) is 11.9. The number of benzene rings is 1. The van der Waals surface area contributed by atoms with Gasteiger partial charge in [-0.3, -0.25) is 9.79 Å². The summed E-state index contributed by atoms with van der Waals surface area (Å²) in [6.45, 7) is 12.4. The van der Waals surface area contributed by atoms with Crippen molar-refractivity contribution in [1.82, 2.24) is 20.0 Å². The van der Waals surface area contributed by atoms with Gasteiger partial charge in [0, 0.05) is 52.9 Å². The van der Waals surface area contributed by atoms with Crippen molar-refractivity contribution >= 4 is 11.9 Å². The first kappa shape index (κ1) is 24.3. The van der Waals surface area contributed by atoms with Crippen molar-refractivity contribution in [3.05, 3.63) is 29.8 Å². The van der Waals surface area contributed by atoms with Gasteiger partial charge in [0.15, 0.2) is 5.96 Å². The van der Waals surface area contributed by atoms with E-state index in [1.165, 1.54) is 5.56 Å². The van der Waals surface area contributed by atoms with Gasteiger partial charge in [0.2, 0.25) is 0 Å². The van der Waals surface area contributed by atoms with E-state index in [0.29, 0.717) is 32.8 Å². The van der Waals surface area contributed by atoms with Crippen molar-refractivity contribution in [1.29, 1.82) is 0 Å². The van der Waals surface area contributed by atoms with Crippen LogP contribution >= 0.6 is 0 Å². The molecule has 2 saturated heterocycles. The number of hydrogen-bond acceptors (Lipinski definition) is 5. The second-order valence-corrected chi connectivity index (χ2v) is 8.23. The summed E-state index contributed by atoms with van der Waals surface area (Å²) in [5, 5.41) is 3.45. The Bertz CT molecular complexity index is 722. The van der Waals surface area contributed by atoms with Crippen LogP contribution in [0, 0.1) is 0 Å². The van der Waals surface area contributed by atoms with Gasteiger partial charge in [0.05, 0.1) is 0 Å². The van der Waals surface area contributed by atoms with E-state index in [2.05, 4.69) is 46.1 Å². The van der Waals surface area contributed by atoms with Crippen LogP contribution in [-0.4, -0.2) is 98.7 Å². The molecule has 32 heavy (non-hydrogen) atoms. The smallest absolute Gasteiger partial charge is 0.251 e. The predicted octanol–water partition coefficient (Wildman–Crippen LogP) is 1.81. The Morgan fingerprint density at radius 2 is 1.84 bits per heavy atom. The fourth-order valence-corrected chi connectivity index (χ4v) is 4.16. The number of nitrogens with one attached hydrogen (secondary N) is 1. The molecule has 2 heterocycles. The van der Waals surface area contributed by atoms with Crippen molar-refractivity contribution in [3.8, 4) is 5.75 Å². The molecule has 1 N–H and O–H groups in total. The topological polar surface area (TPSA) is 69.6 Å². The van der Waals surface area contributed by atoms with E-state index in [4.69, 9.17) is 9.47 Å². The molecule has 8 nitrogen and oxygen atoms in total. The molecule has 2 aliphatic heterocycles. The lowest BCUT2D eigenvalue weighted by Crippen LogP contribution is -2.55. The van der Waals surface area contributed by atoms with Crippen LogP contribution in [-0.2, 0) is 16.1 Å². The maximum absolute atomic E-state index is 12.5. The van der Waals surface area contributed by atoms with Crippen LogP contribution in [0.1, 0.15) is 32.3 Å². The first-order valence-electron chi connectivity index (χ1n) is 11.9. The zero-order valence-corrected chi connectivity index (χ0v) is 19.9. The van der Waals surface area contributed by atoms with Crippen LogP contribution in [0.4, 0.5) is 0 Å². The number of carbonyl (C=O) groups excluding carboxylic acids is 1. The summed E-state index contributed by atoms with van der Waals surface area (Å²) in [5.74, 6) is 1.91. The Morgan fingerprint density at radius 1 is 1.16 bits per heavy atom. The zero-order chi connectivity index (χ0) is 22.8. The van der Waals surface area contributed by atoms with Crippen molar-refractivity contribution in [2.45, 2.75) is 39.3 Å². The van der Waals surface area contributed by atoms with Crippen LogP contribution in [0.5, 0.6) is 5.75 Å². The minimum Gasteiger partial charge on any atom is -0.492 e. The van der Waals surface area contributed by atoms with Gasteiger partial charge >= 0.3 is 0 Å². The number of amides is 1. The van der Waals surface area contributed by atoms with Crippen LogP contribution in [0.25, 0.3) is 0 Å². The molecule has 0 aromatic heterocycles. The summed E-state index contributed by atoms with van der Waals surface area (Å²) in [6, 6.07) is 8.23. The van der Waals surface area contributed by atoms with Crippen LogP contribution in [0.15, 0.2) is 29.3 Å². The van der Waals surface area contributed by atoms with Gasteiger partial charge in [0.1, 0.15) is 18.5 Å². The molecule has 178 valence electrons. The van der Waals surface area contributed by atoms with E-state index >= 15 is 0 Å². The molecule has 0 spiro atoms. The first-order chi connectivity index (χ1) is 15.6. The van der Waals surface area contributed by atoms with Gasteiger partial charge < -0.3 is 29.5 Å². The molecule has 1 atom stereocenters. The van der Waals surface area contributed by atoms with Crippen molar-refractivity contribution in [3.63, 3.8) is 0 Å². The number of aliphatic imine (C=N–C) groups is 1. The molecule has 1 aromatic carbocycles. The number of nitrogens with zero attached hydrogens (tertiary/aromatic N) is 4. The molecule has 2 aliphatic rings. The van der Waals surface area contributed by atoms with Gasteiger partial charge in [-0.2, -0.15) is 0 Å². The number of hydrogen-bond donors (Lipinski definition) is 1. The van der Waals surface area contributed by atoms with E-state index in [1.807, 2.05) is 17.0 Å². The number of piperazine rings is 1. The van der Waals surface area contributed by atoms with Gasteiger partial charge in [0.25, 0.3) is 5.91 Å². The molecule has 0 radical (unpaired) electrons. The SMILES string of the molecule is CCN(CC)CCOc1ccc(CNC(=NC)N2CCN(C(=O)C3CCCO3)CC2)cc1. The molecule has 8 heteroatoms. The second-order valence-electron chi connectivity index (χ2n) is 8.23. The van der Waals surface area contributed by atoms with E-state index in [0.717, 1.165) is 57.3 Å². The van der Waals surface area contributed by atoms with E-state index in [-0.39, 0.29) is 12.0 Å². The van der Waals surface area contributed by atoms with Crippen molar-refractivity contribution < 1.29 is 14.3 Å². The summed E-state index contributed by atoms with van der Waals surface area (Å²) < 4.78 is 11.4. The lowest BCUT2D eigenvalue weighted by atomic mass is 10.2. The molecular formula is C24H39N5O3. The van der Waals surface area contributed by atoms with Gasteiger partial charge in [-0.15, -0.1) is 0 Å². The molecule has 0 aliphatic carbocycles. The van der Waals surface area contributed by atoms with Crippen LogP contribution in [0.2, 0.25) is 0 Å². The summed E-state index contributed by atoms with van der Waals surface area (Å²) >= 11 is 0. The quantitative estimate of drug-likeness (QED) is 0.462. The molecule has 1 amide bonds. The van der Waals surface area contributed by atoms with Crippen LogP contribution < -0.4 is 10.1 Å². The molecule has 2 fully saturated rings. The Balaban J connectivity index is 1.40. The number of rotatable bonds is 9. The third kappa shape index (κ3) is 6.84. The Labute approximate surface area is 192 Å². The summed E-state index contributed by atoms with van der Waals surface area (Å²) in [7, 11) is 1.80. The van der Waals surface area contributed by atoms with Gasteiger partial charge in [-0.1, -0.05) is 26.0 Å². The molecular weight excluding hydrogens is 406 g/mol. The Kier molecular flexibility index (Phi) is 9.62. The minimum absolute atomic E-state index is 0.143. The Morgan fingerprint density at radius 3 is 2.44 bits per heavy atom. The van der Waals surface area contributed by atoms with Crippen LogP contribution in [0.3, 0.4) is 0 Å². The molecule has 1 unspecified atom stereocenters. The fraction of sp³-hybridized carbons (Fsp3) is 0.667. The third-order valence-electron chi connectivity index (χ3n) is 6.25. The average Bonchev–Trinajstić information content (AvgIpc) is 3.38. The molecule has 0 saturated carbocycles. The predicted molar refractivity (Wildman–Crippen MR) is 127 cm³/mol. The lowest BCUT2D eigenvalue weighted by molar-refractivity contribution is -0.142. The molecule has 1 aromatic rings. The zero-order valence-electron chi connectivity index (χ0n) is 19.9. The monoisotopic (exact) mass is 445 g/mol. The highest BCUT2D eigenvalue weighted by Crippen LogP contribution is 2.16. The highest BCUT2D eigenvalue weighted by molar-refractivity contribution is 5.82. The maximum Gasteiger partial charge on any atom is 0.251 e. The minimum atomic E-state index is -0.233. The van der Waals surface area contributed by atoms with Gasteiger partial charge in [-0.25, -0.2) is 0 Å². The lowest BCUT2D eigenvalue weighted by Gasteiger charge is -2.37. The maximum atomic E-state index is 12.5. The largest absolute Gasteiger partial charge is 0.492 e. The standard InChI is InChI=1S/C24H39N5O3/c1-4-27(5-2)16-18-31-21-10-8-20(9-11-21)19-26-24(25-3)29-14-12-28(13-15-29)23(30)22-7-6-17-32-22/h8-11,22H,4-7,12-19H2,1-3H3,(H,25,26). The van der Waals surface area contributed by atoms with E-state index < -0.39 is 0 Å². The van der Waals surface area contributed by atoms with E-state index in [1.54, 1.807) is 7.05 Å². The van der Waals surface area contributed by atoms with Gasteiger partial charge in [-0.05, 0) is 43.6 Å². The highest BCUT2D eigenvalue weighted by Gasteiger charge is 2.30. The van der Waals surface area contributed by atoms with Crippen molar-refractivity contribution in [2.24, 2.45) is 4.99 Å². The number of ether oxygens (including phenoxy) is 2. The summed E-state index contributed by atoms with van der Waals surface area (Å²) in [6.07, 6.45) is 1.60. The fourth-order valence-electron chi connectivity index (χ4n) is 4.16.